The van der Waals surface area contributed by atoms with Gasteiger partial charge < -0.3 is 5.73 Å². The van der Waals surface area contributed by atoms with Crippen LogP contribution in [0.4, 0.5) is 0 Å². The number of hydrogen-bond donors (Lipinski definition) is 3. The van der Waals surface area contributed by atoms with Crippen molar-refractivity contribution < 1.29 is 0 Å². The fraction of sp³-hybridized carbons (Fsp3) is 0.308. The number of nitrogens with one attached hydrogen (secondary N) is 2. The van der Waals surface area contributed by atoms with Crippen LogP contribution < -0.4 is 11.3 Å². The van der Waals surface area contributed by atoms with Crippen molar-refractivity contribution in [1.82, 2.24) is 10.2 Å². The molecule has 2 aromatic rings. The van der Waals surface area contributed by atoms with Gasteiger partial charge >= 0.3 is 0 Å². The molecule has 4 nitrogen and oxygen atoms in total. The van der Waals surface area contributed by atoms with Crippen LogP contribution in [0.1, 0.15) is 18.4 Å². The maximum Gasteiger partial charge on any atom is 0.267 e. The monoisotopic (exact) mass is 231 g/mol. The molecule has 2 rings (SSSR count). The summed E-state index contributed by atoms with van der Waals surface area (Å²) in [6, 6.07) is 9.87. The van der Waals surface area contributed by atoms with Crippen molar-refractivity contribution in [2.45, 2.75) is 19.3 Å². The topological polar surface area (TPSA) is 74.7 Å². The van der Waals surface area contributed by atoms with Gasteiger partial charge in [-0.2, -0.15) is 0 Å². The summed E-state index contributed by atoms with van der Waals surface area (Å²) in [5, 5.41) is 5.60. The summed E-state index contributed by atoms with van der Waals surface area (Å²) in [5.74, 6) is 0. The van der Waals surface area contributed by atoms with Crippen LogP contribution in [-0.2, 0) is 6.42 Å². The summed E-state index contributed by atoms with van der Waals surface area (Å²) >= 11 is 0. The lowest BCUT2D eigenvalue weighted by Crippen LogP contribution is -2.07. The Balaban J connectivity index is 2.26. The molecule has 1 aromatic carbocycles. The van der Waals surface area contributed by atoms with E-state index in [0.717, 1.165) is 36.1 Å². The highest BCUT2D eigenvalue weighted by Gasteiger charge is 2.10. The summed E-state index contributed by atoms with van der Waals surface area (Å²) in [7, 11) is 0. The molecule has 4 N–H and O–H groups in total. The van der Waals surface area contributed by atoms with Crippen LogP contribution in [0.3, 0.4) is 0 Å². The van der Waals surface area contributed by atoms with E-state index >= 15 is 0 Å². The molecular weight excluding hydrogens is 214 g/mol. The molecule has 0 aliphatic rings. The molecule has 0 fully saturated rings. The van der Waals surface area contributed by atoms with Crippen molar-refractivity contribution >= 4 is 0 Å². The van der Waals surface area contributed by atoms with Crippen molar-refractivity contribution in [3.05, 3.63) is 46.2 Å². The Hall–Kier alpha value is -1.81. The van der Waals surface area contributed by atoms with Gasteiger partial charge in [-0.05, 0) is 31.4 Å². The third-order valence-electron chi connectivity index (χ3n) is 2.82. The lowest BCUT2D eigenvalue weighted by molar-refractivity contribution is 0.743. The van der Waals surface area contributed by atoms with E-state index in [2.05, 4.69) is 10.2 Å². The predicted molar refractivity (Wildman–Crippen MR) is 68.8 cm³/mol. The van der Waals surface area contributed by atoms with Gasteiger partial charge in [-0.25, -0.2) is 0 Å². The van der Waals surface area contributed by atoms with Gasteiger partial charge in [0.1, 0.15) is 0 Å². The number of hydrogen-bond acceptors (Lipinski definition) is 2. The summed E-state index contributed by atoms with van der Waals surface area (Å²) in [4.78, 5) is 11.7. The Morgan fingerprint density at radius 2 is 1.82 bits per heavy atom. The molecule has 0 amide bonds. The molecule has 0 atom stereocenters. The van der Waals surface area contributed by atoms with E-state index in [-0.39, 0.29) is 5.56 Å². The fourth-order valence-corrected chi connectivity index (χ4v) is 1.92. The minimum Gasteiger partial charge on any atom is -0.330 e. The molecule has 4 heteroatoms. The molecule has 0 aliphatic heterocycles. The standard InChI is InChI=1S/C13H17N3O/c14-9-5-4-8-11-12(15-16-13(11)17)10-6-2-1-3-7-10/h1-3,6-7H,4-5,8-9,14H2,(H2,15,16,17). The minimum atomic E-state index is -0.0270. The molecule has 1 aromatic heterocycles. The lowest BCUT2D eigenvalue weighted by Gasteiger charge is -2.02. The molecular formula is C13H17N3O. The van der Waals surface area contributed by atoms with E-state index < -0.39 is 0 Å². The van der Waals surface area contributed by atoms with Gasteiger partial charge in [0.25, 0.3) is 5.56 Å². The van der Waals surface area contributed by atoms with Crippen LogP contribution >= 0.6 is 0 Å². The van der Waals surface area contributed by atoms with Gasteiger partial charge in [0.05, 0.1) is 5.69 Å². The third-order valence-corrected chi connectivity index (χ3v) is 2.82. The highest BCUT2D eigenvalue weighted by molar-refractivity contribution is 5.62. The Morgan fingerprint density at radius 1 is 1.06 bits per heavy atom. The molecule has 0 spiro atoms. The first kappa shape index (κ1) is 11.7. The molecule has 1 heterocycles. The van der Waals surface area contributed by atoms with E-state index in [1.807, 2.05) is 30.3 Å². The SMILES string of the molecule is NCCCCc1c(-c2ccccc2)[nH][nH]c1=O. The van der Waals surface area contributed by atoms with Gasteiger partial charge in [-0.3, -0.25) is 15.0 Å². The van der Waals surface area contributed by atoms with Gasteiger partial charge in [-0.15, -0.1) is 0 Å². The van der Waals surface area contributed by atoms with Crippen LogP contribution in [0, 0.1) is 0 Å². The molecule has 0 aliphatic carbocycles. The lowest BCUT2D eigenvalue weighted by atomic mass is 10.0. The molecule has 0 bridgehead atoms. The van der Waals surface area contributed by atoms with Crippen LogP contribution in [0.25, 0.3) is 11.3 Å². The maximum atomic E-state index is 11.7. The number of benzene rings is 1. The van der Waals surface area contributed by atoms with Crippen LogP contribution in [0.15, 0.2) is 35.1 Å². The van der Waals surface area contributed by atoms with Crippen molar-refractivity contribution in [3.63, 3.8) is 0 Å². The van der Waals surface area contributed by atoms with E-state index in [4.69, 9.17) is 5.73 Å². The maximum absolute atomic E-state index is 11.7. The number of unbranched alkanes of at least 4 members (excludes halogenated alkanes) is 1. The molecule has 0 saturated carbocycles. The van der Waals surface area contributed by atoms with E-state index in [0.29, 0.717) is 6.54 Å². The average molecular weight is 231 g/mol. The smallest absolute Gasteiger partial charge is 0.267 e. The van der Waals surface area contributed by atoms with Crippen LogP contribution in [0.5, 0.6) is 0 Å². The summed E-state index contributed by atoms with van der Waals surface area (Å²) in [6.45, 7) is 0.670. The second-order valence-corrected chi connectivity index (χ2v) is 4.04. The first-order valence-electron chi connectivity index (χ1n) is 5.88. The predicted octanol–water partition coefficient (Wildman–Crippen LogP) is 1.65. The van der Waals surface area contributed by atoms with Gasteiger partial charge in [-0.1, -0.05) is 30.3 Å². The van der Waals surface area contributed by atoms with Crippen molar-refractivity contribution in [2.75, 3.05) is 6.54 Å². The average Bonchev–Trinajstić information content (AvgIpc) is 2.73. The number of nitrogens with two attached hydrogens (primary N) is 1. The molecule has 90 valence electrons. The quantitative estimate of drug-likeness (QED) is 0.684. The van der Waals surface area contributed by atoms with Gasteiger partial charge in [0.15, 0.2) is 0 Å². The zero-order chi connectivity index (χ0) is 12.1. The summed E-state index contributed by atoms with van der Waals surface area (Å²) < 4.78 is 0. The number of aromatic amines is 2. The summed E-state index contributed by atoms with van der Waals surface area (Å²) in [5.41, 5.74) is 8.19. The Kier molecular flexibility index (Phi) is 3.77. The molecule has 0 saturated heterocycles. The van der Waals surface area contributed by atoms with Crippen molar-refractivity contribution in [1.29, 1.82) is 0 Å². The van der Waals surface area contributed by atoms with E-state index in [1.165, 1.54) is 0 Å². The van der Waals surface area contributed by atoms with Crippen LogP contribution in [0.2, 0.25) is 0 Å². The fourth-order valence-electron chi connectivity index (χ4n) is 1.92. The minimum absolute atomic E-state index is 0.0270. The molecule has 0 radical (unpaired) electrons. The van der Waals surface area contributed by atoms with Crippen molar-refractivity contribution in [2.24, 2.45) is 5.73 Å². The normalized spacial score (nSPS) is 10.6. The highest BCUT2D eigenvalue weighted by atomic mass is 16.1. The van der Waals surface area contributed by atoms with Gasteiger partial charge in [0.2, 0.25) is 0 Å². The van der Waals surface area contributed by atoms with Crippen LogP contribution in [-0.4, -0.2) is 16.7 Å². The van der Waals surface area contributed by atoms with E-state index in [1.54, 1.807) is 0 Å². The zero-order valence-corrected chi connectivity index (χ0v) is 9.70. The molecule has 17 heavy (non-hydrogen) atoms. The van der Waals surface area contributed by atoms with Gasteiger partial charge in [0, 0.05) is 5.56 Å². The first-order valence-corrected chi connectivity index (χ1v) is 5.88. The second kappa shape index (κ2) is 5.50. The number of rotatable bonds is 5. The molecule has 0 unspecified atom stereocenters. The summed E-state index contributed by atoms with van der Waals surface area (Å²) in [6.07, 6.45) is 2.65. The van der Waals surface area contributed by atoms with E-state index in [9.17, 15) is 4.79 Å². The highest BCUT2D eigenvalue weighted by Crippen LogP contribution is 2.19. The van der Waals surface area contributed by atoms with Crippen molar-refractivity contribution in [3.8, 4) is 11.3 Å². The third kappa shape index (κ3) is 2.65. The Morgan fingerprint density at radius 3 is 2.53 bits per heavy atom. The Labute approximate surface area is 99.8 Å². The number of H-pyrrole nitrogens is 2. The largest absolute Gasteiger partial charge is 0.330 e. The zero-order valence-electron chi connectivity index (χ0n) is 9.70. The number of aromatic nitrogens is 2. The first-order chi connectivity index (χ1) is 8.33. The second-order valence-electron chi connectivity index (χ2n) is 4.04. The Bertz CT molecular complexity index is 513.